The third-order valence-corrected chi connectivity index (χ3v) is 3.62. The van der Waals surface area contributed by atoms with Crippen LogP contribution in [0, 0.1) is 0 Å². The monoisotopic (exact) mass is 260 g/mol. The topological polar surface area (TPSA) is 90.9 Å². The maximum Gasteiger partial charge on any atom is 0.251 e. The Morgan fingerprint density at radius 3 is 2.89 bits per heavy atom. The summed E-state index contributed by atoms with van der Waals surface area (Å²) >= 11 is 0. The Bertz CT molecular complexity index is 595. The summed E-state index contributed by atoms with van der Waals surface area (Å²) in [7, 11) is 0. The van der Waals surface area contributed by atoms with Gasteiger partial charge < -0.3 is 10.4 Å². The molecule has 1 aliphatic carbocycles. The van der Waals surface area contributed by atoms with Crippen molar-refractivity contribution < 1.29 is 9.90 Å². The van der Waals surface area contributed by atoms with Gasteiger partial charge in [-0.25, -0.2) is 0 Å². The molecule has 1 aromatic heterocycles. The Hall–Kier alpha value is -1.95. The lowest BCUT2D eigenvalue weighted by Crippen LogP contribution is -2.45. The van der Waals surface area contributed by atoms with E-state index >= 15 is 0 Å². The fourth-order valence-corrected chi connectivity index (χ4v) is 2.51. The van der Waals surface area contributed by atoms with Crippen molar-refractivity contribution >= 4 is 16.9 Å². The van der Waals surface area contributed by atoms with Crippen LogP contribution >= 0.6 is 0 Å². The Morgan fingerprint density at radius 1 is 1.26 bits per heavy atom. The molecule has 6 nitrogen and oxygen atoms in total. The molecule has 1 amide bonds. The standard InChI is InChI=1S/C13H16N4O2/c18-12-4-2-1-3-10(12)14-13(19)8-5-6-9-11(7-8)16-17-15-9/h5-7,10,12,18H,1-4H2,(H,14,19)(H,15,16,17)/t10-,12-/m0/s1. The van der Waals surface area contributed by atoms with Gasteiger partial charge in [-0.15, -0.1) is 0 Å². The zero-order chi connectivity index (χ0) is 13.2. The number of carbonyl (C=O) groups is 1. The van der Waals surface area contributed by atoms with Crippen LogP contribution in [0.1, 0.15) is 36.0 Å². The first-order valence-electron chi connectivity index (χ1n) is 6.53. The molecule has 0 radical (unpaired) electrons. The van der Waals surface area contributed by atoms with E-state index in [2.05, 4.69) is 20.7 Å². The third kappa shape index (κ3) is 2.44. The van der Waals surface area contributed by atoms with Crippen LogP contribution in [0.5, 0.6) is 0 Å². The summed E-state index contributed by atoms with van der Waals surface area (Å²) in [4.78, 5) is 12.1. The van der Waals surface area contributed by atoms with Crippen molar-refractivity contribution in [3.63, 3.8) is 0 Å². The van der Waals surface area contributed by atoms with Crippen molar-refractivity contribution in [1.29, 1.82) is 0 Å². The van der Waals surface area contributed by atoms with Crippen molar-refractivity contribution in [3.05, 3.63) is 23.8 Å². The number of fused-ring (bicyclic) bond motifs is 1. The molecular weight excluding hydrogens is 244 g/mol. The highest BCUT2D eigenvalue weighted by molar-refractivity contribution is 5.97. The van der Waals surface area contributed by atoms with Crippen LogP contribution in [-0.4, -0.2) is 38.6 Å². The van der Waals surface area contributed by atoms with E-state index in [0.717, 1.165) is 31.2 Å². The summed E-state index contributed by atoms with van der Waals surface area (Å²) in [6.07, 6.45) is 3.23. The van der Waals surface area contributed by atoms with Crippen molar-refractivity contribution in [2.24, 2.45) is 0 Å². The van der Waals surface area contributed by atoms with Gasteiger partial charge in [0.25, 0.3) is 5.91 Å². The van der Waals surface area contributed by atoms with Crippen molar-refractivity contribution in [3.8, 4) is 0 Å². The Labute approximate surface area is 110 Å². The molecule has 0 saturated heterocycles. The van der Waals surface area contributed by atoms with E-state index in [9.17, 15) is 9.90 Å². The molecule has 0 unspecified atom stereocenters. The summed E-state index contributed by atoms with van der Waals surface area (Å²) in [5, 5.41) is 23.2. The lowest BCUT2D eigenvalue weighted by molar-refractivity contribution is 0.0717. The highest BCUT2D eigenvalue weighted by atomic mass is 16.3. The molecule has 3 rings (SSSR count). The molecule has 1 aliphatic rings. The molecule has 0 aliphatic heterocycles. The fourth-order valence-electron chi connectivity index (χ4n) is 2.51. The normalized spacial score (nSPS) is 23.4. The Kier molecular flexibility index (Phi) is 3.16. The minimum absolute atomic E-state index is 0.144. The molecule has 3 N–H and O–H groups in total. The van der Waals surface area contributed by atoms with Gasteiger partial charge in [-0.05, 0) is 31.0 Å². The van der Waals surface area contributed by atoms with E-state index in [-0.39, 0.29) is 11.9 Å². The summed E-state index contributed by atoms with van der Waals surface area (Å²) < 4.78 is 0. The van der Waals surface area contributed by atoms with Gasteiger partial charge in [-0.2, -0.15) is 15.4 Å². The first kappa shape index (κ1) is 12.1. The van der Waals surface area contributed by atoms with Crippen molar-refractivity contribution in [2.45, 2.75) is 37.8 Å². The largest absolute Gasteiger partial charge is 0.391 e. The second kappa shape index (κ2) is 4.97. The van der Waals surface area contributed by atoms with E-state index in [1.54, 1.807) is 18.2 Å². The molecular formula is C13H16N4O2. The van der Waals surface area contributed by atoms with Crippen LogP contribution in [0.25, 0.3) is 11.0 Å². The lowest BCUT2D eigenvalue weighted by Gasteiger charge is -2.28. The predicted molar refractivity (Wildman–Crippen MR) is 69.6 cm³/mol. The van der Waals surface area contributed by atoms with Crippen molar-refractivity contribution in [1.82, 2.24) is 20.7 Å². The smallest absolute Gasteiger partial charge is 0.251 e. The van der Waals surface area contributed by atoms with Crippen LogP contribution in [-0.2, 0) is 0 Å². The first-order valence-corrected chi connectivity index (χ1v) is 6.53. The zero-order valence-corrected chi connectivity index (χ0v) is 10.5. The Morgan fingerprint density at radius 2 is 2.05 bits per heavy atom. The zero-order valence-electron chi connectivity index (χ0n) is 10.5. The van der Waals surface area contributed by atoms with Gasteiger partial charge >= 0.3 is 0 Å². The van der Waals surface area contributed by atoms with Gasteiger partial charge in [-0.3, -0.25) is 4.79 Å². The molecule has 2 aromatic rings. The second-order valence-corrected chi connectivity index (χ2v) is 4.96. The van der Waals surface area contributed by atoms with E-state index in [1.165, 1.54) is 0 Å². The molecule has 0 spiro atoms. The predicted octanol–water partition coefficient (Wildman–Crippen LogP) is 0.991. The van der Waals surface area contributed by atoms with E-state index in [0.29, 0.717) is 11.1 Å². The number of hydrogen-bond acceptors (Lipinski definition) is 4. The van der Waals surface area contributed by atoms with Crippen LogP contribution < -0.4 is 5.32 Å². The summed E-state index contributed by atoms with van der Waals surface area (Å²) in [5.41, 5.74) is 1.94. The summed E-state index contributed by atoms with van der Waals surface area (Å²) in [6, 6.07) is 5.03. The average molecular weight is 260 g/mol. The number of aromatic nitrogens is 3. The van der Waals surface area contributed by atoms with Crippen molar-refractivity contribution in [2.75, 3.05) is 0 Å². The molecule has 1 heterocycles. The number of amides is 1. The molecule has 1 fully saturated rings. The molecule has 19 heavy (non-hydrogen) atoms. The molecule has 0 bridgehead atoms. The minimum Gasteiger partial charge on any atom is -0.391 e. The van der Waals surface area contributed by atoms with Crippen LogP contribution in [0.4, 0.5) is 0 Å². The highest BCUT2D eigenvalue weighted by Gasteiger charge is 2.24. The van der Waals surface area contributed by atoms with Gasteiger partial charge in [0.2, 0.25) is 0 Å². The van der Waals surface area contributed by atoms with E-state index in [4.69, 9.17) is 0 Å². The number of H-pyrrole nitrogens is 1. The number of aliphatic hydroxyl groups excluding tert-OH is 1. The van der Waals surface area contributed by atoms with Gasteiger partial charge in [-0.1, -0.05) is 12.8 Å². The molecule has 100 valence electrons. The molecule has 6 heteroatoms. The quantitative estimate of drug-likeness (QED) is 0.751. The van der Waals surface area contributed by atoms with Crippen LogP contribution in [0.15, 0.2) is 18.2 Å². The minimum atomic E-state index is -0.437. The van der Waals surface area contributed by atoms with Gasteiger partial charge in [0.15, 0.2) is 0 Å². The third-order valence-electron chi connectivity index (χ3n) is 3.62. The number of nitrogens with zero attached hydrogens (tertiary/aromatic N) is 2. The number of rotatable bonds is 2. The molecule has 1 aromatic carbocycles. The maximum atomic E-state index is 12.1. The van der Waals surface area contributed by atoms with Gasteiger partial charge in [0.1, 0.15) is 11.0 Å². The van der Waals surface area contributed by atoms with E-state index in [1.807, 2.05) is 0 Å². The maximum absolute atomic E-state index is 12.1. The highest BCUT2D eigenvalue weighted by Crippen LogP contribution is 2.19. The number of carbonyl (C=O) groups excluding carboxylic acids is 1. The number of benzene rings is 1. The van der Waals surface area contributed by atoms with Gasteiger partial charge in [0, 0.05) is 5.56 Å². The van der Waals surface area contributed by atoms with E-state index < -0.39 is 6.10 Å². The number of aromatic amines is 1. The summed E-state index contributed by atoms with van der Waals surface area (Å²) in [6.45, 7) is 0. The molecule has 1 saturated carbocycles. The number of nitrogens with one attached hydrogen (secondary N) is 2. The first-order chi connectivity index (χ1) is 9.24. The van der Waals surface area contributed by atoms with Crippen LogP contribution in [0.3, 0.4) is 0 Å². The number of hydrogen-bond donors (Lipinski definition) is 3. The molecule has 2 atom stereocenters. The SMILES string of the molecule is O=C(N[C@H]1CCCC[C@@H]1O)c1ccc2n[nH]nc2c1. The van der Waals surface area contributed by atoms with Crippen LogP contribution in [0.2, 0.25) is 0 Å². The average Bonchev–Trinajstić information content (AvgIpc) is 2.88. The Balaban J connectivity index is 1.75. The fraction of sp³-hybridized carbons (Fsp3) is 0.462. The lowest BCUT2D eigenvalue weighted by atomic mass is 9.92. The number of aliphatic hydroxyl groups is 1. The second-order valence-electron chi connectivity index (χ2n) is 4.96. The van der Waals surface area contributed by atoms with Gasteiger partial charge in [0.05, 0.1) is 12.1 Å². The summed E-state index contributed by atoms with van der Waals surface area (Å²) in [5.74, 6) is -0.171.